The second-order valence-corrected chi connectivity index (χ2v) is 8.74. The fraction of sp³-hybridized carbons (Fsp3) is 0. The molecule has 0 aliphatic rings. The van der Waals surface area contributed by atoms with Gasteiger partial charge in [-0.25, -0.2) is 0 Å². The number of hydrogen-bond donors (Lipinski definition) is 0. The first kappa shape index (κ1) is 19.8. The van der Waals surface area contributed by atoms with Gasteiger partial charge in [-0.15, -0.1) is 0 Å². The topological polar surface area (TPSA) is 0 Å². The van der Waals surface area contributed by atoms with Crippen LogP contribution in [-0.4, -0.2) is 0 Å². The summed E-state index contributed by atoms with van der Waals surface area (Å²) >= 11 is 6.69. The molecule has 0 aliphatic heterocycles. The molecule has 6 rings (SSSR count). The summed E-state index contributed by atoms with van der Waals surface area (Å²) in [4.78, 5) is 0. The Bertz CT molecular complexity index is 1600. The van der Waals surface area contributed by atoms with Gasteiger partial charge in [0, 0.05) is 10.6 Å². The van der Waals surface area contributed by atoms with E-state index in [2.05, 4.69) is 115 Å². The fourth-order valence-corrected chi connectivity index (χ4v) is 4.91. The van der Waals surface area contributed by atoms with Crippen LogP contribution in [0.4, 0.5) is 0 Å². The lowest BCUT2D eigenvalue weighted by Crippen LogP contribution is -1.87. The van der Waals surface area contributed by atoms with Crippen LogP contribution in [0.15, 0.2) is 127 Å². The molecule has 0 atom stereocenters. The fourth-order valence-electron chi connectivity index (χ4n) is 4.68. The number of fused-ring (bicyclic) bond motifs is 3. The standard InChI is InChI=1S/C32H21Cl/c33-32-19-18-26(21-31(32)24-16-14-23(15-17-24)22-8-2-1-3-9-22)30-20-25-10-4-5-11-27(25)28-12-6-7-13-29(28)30/h1-21H. The van der Waals surface area contributed by atoms with E-state index in [4.69, 9.17) is 11.6 Å². The van der Waals surface area contributed by atoms with Gasteiger partial charge in [0.2, 0.25) is 0 Å². The quantitative estimate of drug-likeness (QED) is 0.240. The van der Waals surface area contributed by atoms with Crippen LogP contribution in [0.5, 0.6) is 0 Å². The Morgan fingerprint density at radius 3 is 1.73 bits per heavy atom. The number of rotatable bonds is 3. The zero-order valence-electron chi connectivity index (χ0n) is 18.0. The second-order valence-electron chi connectivity index (χ2n) is 8.33. The highest BCUT2D eigenvalue weighted by atomic mass is 35.5. The first-order valence-corrected chi connectivity index (χ1v) is 11.5. The van der Waals surface area contributed by atoms with Crippen molar-refractivity contribution in [3.05, 3.63) is 132 Å². The highest BCUT2D eigenvalue weighted by Crippen LogP contribution is 2.38. The summed E-state index contributed by atoms with van der Waals surface area (Å²) in [6, 6.07) is 45.0. The van der Waals surface area contributed by atoms with Gasteiger partial charge in [-0.2, -0.15) is 0 Å². The molecule has 0 saturated carbocycles. The molecular formula is C32H21Cl. The Morgan fingerprint density at radius 2 is 0.939 bits per heavy atom. The number of benzene rings is 6. The molecule has 0 aliphatic carbocycles. The van der Waals surface area contributed by atoms with E-state index in [1.165, 1.54) is 43.8 Å². The minimum absolute atomic E-state index is 0.760. The molecule has 0 heterocycles. The van der Waals surface area contributed by atoms with Gasteiger partial charge < -0.3 is 0 Å². The van der Waals surface area contributed by atoms with Gasteiger partial charge in [-0.1, -0.05) is 121 Å². The molecule has 33 heavy (non-hydrogen) atoms. The van der Waals surface area contributed by atoms with E-state index in [1.54, 1.807) is 0 Å². The van der Waals surface area contributed by atoms with Gasteiger partial charge in [-0.3, -0.25) is 0 Å². The summed E-state index contributed by atoms with van der Waals surface area (Å²) < 4.78 is 0. The van der Waals surface area contributed by atoms with Crippen molar-refractivity contribution in [3.8, 4) is 33.4 Å². The van der Waals surface area contributed by atoms with E-state index in [0.29, 0.717) is 0 Å². The lowest BCUT2D eigenvalue weighted by Gasteiger charge is -2.13. The predicted molar refractivity (Wildman–Crippen MR) is 143 cm³/mol. The highest BCUT2D eigenvalue weighted by molar-refractivity contribution is 6.33. The van der Waals surface area contributed by atoms with E-state index in [1.807, 2.05) is 12.1 Å². The van der Waals surface area contributed by atoms with E-state index >= 15 is 0 Å². The molecule has 0 nitrogen and oxygen atoms in total. The molecule has 0 aromatic heterocycles. The number of hydrogen-bond acceptors (Lipinski definition) is 0. The van der Waals surface area contributed by atoms with Gasteiger partial charge in [0.15, 0.2) is 0 Å². The smallest absolute Gasteiger partial charge is 0.0484 e. The normalized spacial score (nSPS) is 11.2. The van der Waals surface area contributed by atoms with Crippen molar-refractivity contribution in [2.45, 2.75) is 0 Å². The largest absolute Gasteiger partial charge is 0.0837 e. The average Bonchev–Trinajstić information content (AvgIpc) is 2.89. The molecule has 1 heteroatoms. The first-order valence-electron chi connectivity index (χ1n) is 11.1. The van der Waals surface area contributed by atoms with Crippen LogP contribution in [0.1, 0.15) is 0 Å². The van der Waals surface area contributed by atoms with Crippen LogP contribution in [0.3, 0.4) is 0 Å². The van der Waals surface area contributed by atoms with E-state index in [-0.39, 0.29) is 0 Å². The zero-order valence-corrected chi connectivity index (χ0v) is 18.8. The maximum Gasteiger partial charge on any atom is 0.0484 e. The van der Waals surface area contributed by atoms with Crippen LogP contribution in [0.25, 0.3) is 54.9 Å². The van der Waals surface area contributed by atoms with Gasteiger partial charge >= 0.3 is 0 Å². The van der Waals surface area contributed by atoms with Gasteiger partial charge in [0.1, 0.15) is 0 Å². The molecule has 0 spiro atoms. The maximum atomic E-state index is 6.69. The summed E-state index contributed by atoms with van der Waals surface area (Å²) in [6.07, 6.45) is 0. The lowest BCUT2D eigenvalue weighted by molar-refractivity contribution is 1.58. The molecule has 0 N–H and O–H groups in total. The molecule has 156 valence electrons. The van der Waals surface area contributed by atoms with Crippen LogP contribution >= 0.6 is 11.6 Å². The van der Waals surface area contributed by atoms with Crippen molar-refractivity contribution >= 4 is 33.1 Å². The summed E-state index contributed by atoms with van der Waals surface area (Å²) in [5.41, 5.74) is 6.97. The van der Waals surface area contributed by atoms with Crippen LogP contribution in [-0.2, 0) is 0 Å². The van der Waals surface area contributed by atoms with Crippen molar-refractivity contribution in [2.24, 2.45) is 0 Å². The highest BCUT2D eigenvalue weighted by Gasteiger charge is 2.11. The third-order valence-corrected chi connectivity index (χ3v) is 6.68. The molecule has 0 bridgehead atoms. The van der Waals surface area contributed by atoms with Crippen LogP contribution in [0.2, 0.25) is 5.02 Å². The van der Waals surface area contributed by atoms with Crippen molar-refractivity contribution in [2.75, 3.05) is 0 Å². The second kappa shape index (κ2) is 8.24. The van der Waals surface area contributed by atoms with E-state index < -0.39 is 0 Å². The van der Waals surface area contributed by atoms with E-state index in [0.717, 1.165) is 16.1 Å². The van der Waals surface area contributed by atoms with E-state index in [9.17, 15) is 0 Å². The molecule has 0 saturated heterocycles. The lowest BCUT2D eigenvalue weighted by atomic mass is 9.91. The summed E-state index contributed by atoms with van der Waals surface area (Å²) in [7, 11) is 0. The number of halogens is 1. The third kappa shape index (κ3) is 3.59. The monoisotopic (exact) mass is 440 g/mol. The Kier molecular flexibility index (Phi) is 4.94. The van der Waals surface area contributed by atoms with Crippen LogP contribution in [0, 0.1) is 0 Å². The summed E-state index contributed by atoms with van der Waals surface area (Å²) in [6.45, 7) is 0. The minimum atomic E-state index is 0.760. The Morgan fingerprint density at radius 1 is 0.364 bits per heavy atom. The molecular weight excluding hydrogens is 420 g/mol. The van der Waals surface area contributed by atoms with Gasteiger partial charge in [0.05, 0.1) is 0 Å². The first-order chi connectivity index (χ1) is 16.3. The van der Waals surface area contributed by atoms with Crippen molar-refractivity contribution in [1.29, 1.82) is 0 Å². The van der Waals surface area contributed by atoms with Gasteiger partial charge in [0.25, 0.3) is 0 Å². The maximum absolute atomic E-state index is 6.69. The Labute approximate surface area is 198 Å². The molecule has 0 radical (unpaired) electrons. The molecule has 6 aromatic carbocycles. The zero-order chi connectivity index (χ0) is 22.2. The Balaban J connectivity index is 1.49. The molecule has 0 fully saturated rings. The van der Waals surface area contributed by atoms with Crippen LogP contribution < -0.4 is 0 Å². The van der Waals surface area contributed by atoms with Crippen molar-refractivity contribution < 1.29 is 0 Å². The van der Waals surface area contributed by atoms with Gasteiger partial charge in [-0.05, 0) is 67.6 Å². The third-order valence-electron chi connectivity index (χ3n) is 6.35. The molecule has 0 amide bonds. The van der Waals surface area contributed by atoms with Crippen molar-refractivity contribution in [3.63, 3.8) is 0 Å². The minimum Gasteiger partial charge on any atom is -0.0837 e. The molecule has 6 aromatic rings. The summed E-state index contributed by atoms with van der Waals surface area (Å²) in [5.74, 6) is 0. The summed E-state index contributed by atoms with van der Waals surface area (Å²) in [5, 5.41) is 5.81. The molecule has 0 unspecified atom stereocenters. The SMILES string of the molecule is Clc1ccc(-c2cc3ccccc3c3ccccc23)cc1-c1ccc(-c2ccccc2)cc1. The average molecular weight is 441 g/mol. The van der Waals surface area contributed by atoms with Crippen molar-refractivity contribution in [1.82, 2.24) is 0 Å². The Hall–Kier alpha value is -3.87. The predicted octanol–water partition coefficient (Wildman–Crippen LogP) is 9.65.